The highest BCUT2D eigenvalue weighted by atomic mass is 16.2. The molecule has 0 aliphatic carbocycles. The van der Waals surface area contributed by atoms with Gasteiger partial charge < -0.3 is 20.9 Å². The molecule has 138 valence electrons. The SMILES string of the molecule is CC(C)(C)C(=O)NCCNC(=O)N1CCCC(Nc2ccccc2)C1. The average molecular weight is 346 g/mol. The Balaban J connectivity index is 1.71. The van der Waals surface area contributed by atoms with Gasteiger partial charge in [-0.3, -0.25) is 4.79 Å². The van der Waals surface area contributed by atoms with E-state index in [1.807, 2.05) is 56.0 Å². The van der Waals surface area contributed by atoms with Crippen LogP contribution in [0.2, 0.25) is 0 Å². The molecule has 1 saturated heterocycles. The van der Waals surface area contributed by atoms with Gasteiger partial charge in [0.1, 0.15) is 0 Å². The van der Waals surface area contributed by atoms with Crippen LogP contribution in [0.4, 0.5) is 10.5 Å². The normalized spacial score (nSPS) is 17.7. The average Bonchev–Trinajstić information content (AvgIpc) is 2.58. The van der Waals surface area contributed by atoms with Crippen LogP contribution < -0.4 is 16.0 Å². The van der Waals surface area contributed by atoms with Crippen molar-refractivity contribution in [2.75, 3.05) is 31.5 Å². The molecule has 6 heteroatoms. The number of likely N-dealkylation sites (tertiary alicyclic amines) is 1. The van der Waals surface area contributed by atoms with Crippen molar-refractivity contribution in [3.05, 3.63) is 30.3 Å². The molecular formula is C19H30N4O2. The summed E-state index contributed by atoms with van der Waals surface area (Å²) in [6.07, 6.45) is 2.04. The molecule has 0 bridgehead atoms. The van der Waals surface area contributed by atoms with Gasteiger partial charge in [-0.05, 0) is 25.0 Å². The molecule has 0 radical (unpaired) electrons. The Morgan fingerprint density at radius 1 is 1.12 bits per heavy atom. The van der Waals surface area contributed by atoms with E-state index in [4.69, 9.17) is 0 Å². The highest BCUT2D eigenvalue weighted by molar-refractivity contribution is 5.81. The number of anilines is 1. The number of carbonyl (C=O) groups is 2. The number of carbonyl (C=O) groups excluding carboxylic acids is 2. The number of urea groups is 1. The lowest BCUT2D eigenvalue weighted by Crippen LogP contribution is -2.50. The zero-order valence-corrected chi connectivity index (χ0v) is 15.5. The maximum atomic E-state index is 12.3. The van der Waals surface area contributed by atoms with Gasteiger partial charge in [0.15, 0.2) is 0 Å². The second kappa shape index (κ2) is 8.74. The van der Waals surface area contributed by atoms with E-state index >= 15 is 0 Å². The molecule has 25 heavy (non-hydrogen) atoms. The molecule has 1 heterocycles. The Morgan fingerprint density at radius 2 is 1.80 bits per heavy atom. The molecule has 0 spiro atoms. The fraction of sp³-hybridized carbons (Fsp3) is 0.579. The molecule has 1 fully saturated rings. The Kier molecular flexibility index (Phi) is 6.67. The topological polar surface area (TPSA) is 73.5 Å². The fourth-order valence-electron chi connectivity index (χ4n) is 2.77. The van der Waals surface area contributed by atoms with Crippen molar-refractivity contribution in [1.82, 2.24) is 15.5 Å². The number of hydrogen-bond acceptors (Lipinski definition) is 3. The number of nitrogens with zero attached hydrogens (tertiary/aromatic N) is 1. The number of hydrogen-bond donors (Lipinski definition) is 3. The molecule has 3 N–H and O–H groups in total. The molecular weight excluding hydrogens is 316 g/mol. The van der Waals surface area contributed by atoms with Crippen molar-refractivity contribution in [3.63, 3.8) is 0 Å². The standard InChI is InChI=1S/C19H30N4O2/c1-19(2,3)17(24)20-11-12-21-18(25)23-13-7-10-16(14-23)22-15-8-5-4-6-9-15/h4-6,8-9,16,22H,7,10-14H2,1-3H3,(H,20,24)(H,21,25). The van der Waals surface area contributed by atoms with E-state index in [-0.39, 0.29) is 18.0 Å². The Hall–Kier alpha value is -2.24. The van der Waals surface area contributed by atoms with Crippen LogP contribution in [0.5, 0.6) is 0 Å². The minimum absolute atomic E-state index is 0.00755. The van der Waals surface area contributed by atoms with Crippen LogP contribution in [0.3, 0.4) is 0 Å². The minimum atomic E-state index is -0.410. The van der Waals surface area contributed by atoms with Crippen molar-refractivity contribution in [1.29, 1.82) is 0 Å². The van der Waals surface area contributed by atoms with Crippen molar-refractivity contribution in [2.24, 2.45) is 5.41 Å². The Bertz CT molecular complexity index is 569. The van der Waals surface area contributed by atoms with Crippen LogP contribution in [-0.4, -0.2) is 49.1 Å². The van der Waals surface area contributed by atoms with Gasteiger partial charge in [0.25, 0.3) is 0 Å². The van der Waals surface area contributed by atoms with Crippen LogP contribution >= 0.6 is 0 Å². The highest BCUT2D eigenvalue weighted by Crippen LogP contribution is 2.16. The third-order valence-electron chi connectivity index (χ3n) is 4.22. The summed E-state index contributed by atoms with van der Waals surface area (Å²) in [6, 6.07) is 10.3. The second-order valence-corrected chi connectivity index (χ2v) is 7.53. The lowest BCUT2D eigenvalue weighted by Gasteiger charge is -2.33. The van der Waals surface area contributed by atoms with E-state index in [0.29, 0.717) is 19.6 Å². The molecule has 1 aliphatic heterocycles. The summed E-state index contributed by atoms with van der Waals surface area (Å²) in [7, 11) is 0. The fourth-order valence-corrected chi connectivity index (χ4v) is 2.77. The first-order valence-corrected chi connectivity index (χ1v) is 8.99. The van der Waals surface area contributed by atoms with E-state index in [9.17, 15) is 9.59 Å². The summed E-state index contributed by atoms with van der Waals surface area (Å²) in [5, 5.41) is 9.21. The third kappa shape index (κ3) is 6.29. The molecule has 6 nitrogen and oxygen atoms in total. The number of benzene rings is 1. The molecule has 2 rings (SSSR count). The lowest BCUT2D eigenvalue weighted by molar-refractivity contribution is -0.128. The van der Waals surface area contributed by atoms with Gasteiger partial charge in [-0.1, -0.05) is 39.0 Å². The Morgan fingerprint density at radius 3 is 2.48 bits per heavy atom. The van der Waals surface area contributed by atoms with Gasteiger partial charge in [0.05, 0.1) is 0 Å². The summed E-state index contributed by atoms with van der Waals surface area (Å²) < 4.78 is 0. The van der Waals surface area contributed by atoms with E-state index < -0.39 is 5.41 Å². The van der Waals surface area contributed by atoms with Crippen molar-refractivity contribution < 1.29 is 9.59 Å². The number of piperidine rings is 1. The van der Waals surface area contributed by atoms with Crippen LogP contribution in [0.25, 0.3) is 0 Å². The molecule has 1 aromatic rings. The minimum Gasteiger partial charge on any atom is -0.381 e. The van der Waals surface area contributed by atoms with Gasteiger partial charge in [0, 0.05) is 43.3 Å². The van der Waals surface area contributed by atoms with E-state index in [2.05, 4.69) is 16.0 Å². The molecule has 0 aromatic heterocycles. The maximum Gasteiger partial charge on any atom is 0.317 e. The van der Waals surface area contributed by atoms with Crippen LogP contribution in [0.1, 0.15) is 33.6 Å². The van der Waals surface area contributed by atoms with E-state index in [1.54, 1.807) is 0 Å². The summed E-state index contributed by atoms with van der Waals surface area (Å²) in [6.45, 7) is 7.95. The number of rotatable bonds is 5. The number of nitrogens with one attached hydrogen (secondary N) is 3. The molecule has 3 amide bonds. The monoisotopic (exact) mass is 346 g/mol. The zero-order chi connectivity index (χ0) is 18.3. The summed E-state index contributed by atoms with van der Waals surface area (Å²) >= 11 is 0. The van der Waals surface area contributed by atoms with Crippen LogP contribution in [-0.2, 0) is 4.79 Å². The zero-order valence-electron chi connectivity index (χ0n) is 15.5. The van der Waals surface area contributed by atoms with Gasteiger partial charge in [0.2, 0.25) is 5.91 Å². The summed E-state index contributed by atoms with van der Waals surface area (Å²) in [5.74, 6) is -0.00755. The molecule has 1 atom stereocenters. The van der Waals surface area contributed by atoms with Gasteiger partial charge in [-0.15, -0.1) is 0 Å². The van der Waals surface area contributed by atoms with Crippen molar-refractivity contribution in [3.8, 4) is 0 Å². The van der Waals surface area contributed by atoms with E-state index in [1.165, 1.54) is 0 Å². The van der Waals surface area contributed by atoms with E-state index in [0.717, 1.165) is 25.1 Å². The molecule has 0 saturated carbocycles. The number of para-hydroxylation sites is 1. The van der Waals surface area contributed by atoms with Crippen molar-refractivity contribution in [2.45, 2.75) is 39.7 Å². The maximum absolute atomic E-state index is 12.3. The number of amides is 3. The molecule has 1 aromatic carbocycles. The van der Waals surface area contributed by atoms with Crippen molar-refractivity contribution >= 4 is 17.6 Å². The van der Waals surface area contributed by atoms with Crippen LogP contribution in [0, 0.1) is 5.41 Å². The van der Waals surface area contributed by atoms with Gasteiger partial charge in [-0.25, -0.2) is 4.79 Å². The first kappa shape index (κ1) is 19.1. The summed E-state index contributed by atoms with van der Waals surface area (Å²) in [4.78, 5) is 25.9. The molecule has 1 unspecified atom stereocenters. The Labute approximate surface area is 150 Å². The quantitative estimate of drug-likeness (QED) is 0.717. The predicted octanol–water partition coefficient (Wildman–Crippen LogP) is 2.43. The predicted molar refractivity (Wildman–Crippen MR) is 101 cm³/mol. The third-order valence-corrected chi connectivity index (χ3v) is 4.22. The van der Waals surface area contributed by atoms with Gasteiger partial charge in [-0.2, -0.15) is 0 Å². The second-order valence-electron chi connectivity index (χ2n) is 7.53. The summed E-state index contributed by atoms with van der Waals surface area (Å²) in [5.41, 5.74) is 0.673. The largest absolute Gasteiger partial charge is 0.381 e. The lowest BCUT2D eigenvalue weighted by atomic mass is 9.96. The first-order valence-electron chi connectivity index (χ1n) is 8.99. The van der Waals surface area contributed by atoms with Gasteiger partial charge >= 0.3 is 6.03 Å². The van der Waals surface area contributed by atoms with Crippen LogP contribution in [0.15, 0.2) is 30.3 Å². The highest BCUT2D eigenvalue weighted by Gasteiger charge is 2.24. The molecule has 1 aliphatic rings. The smallest absolute Gasteiger partial charge is 0.317 e. The first-order chi connectivity index (χ1) is 11.9.